The fourth-order valence-electron chi connectivity index (χ4n) is 5.02. The number of thiophene rings is 1. The molecule has 38 heavy (non-hydrogen) atoms. The van der Waals surface area contributed by atoms with Crippen molar-refractivity contribution in [2.24, 2.45) is 12.0 Å². The van der Waals surface area contributed by atoms with Crippen LogP contribution in [0.3, 0.4) is 0 Å². The Kier molecular flexibility index (Phi) is 6.21. The Bertz CT molecular complexity index is 1890. The number of carbonyl (C=O) groups excluding carboxylic acids is 1. The average Bonchev–Trinajstić information content (AvgIpc) is 3.64. The molecule has 6 nitrogen and oxygen atoms in total. The third kappa shape index (κ3) is 3.88. The first-order chi connectivity index (χ1) is 18.5. The van der Waals surface area contributed by atoms with E-state index in [-0.39, 0.29) is 12.2 Å². The Hall–Kier alpha value is -4.01. The van der Waals surface area contributed by atoms with Crippen molar-refractivity contribution in [3.63, 3.8) is 0 Å². The van der Waals surface area contributed by atoms with E-state index in [0.29, 0.717) is 20.6 Å². The Morgan fingerprint density at radius 2 is 1.84 bits per heavy atom. The maximum atomic E-state index is 14.1. The van der Waals surface area contributed by atoms with Crippen LogP contribution in [0.25, 0.3) is 22.7 Å². The number of fused-ring (bicyclic) bond motifs is 2. The molecule has 0 bridgehead atoms. The van der Waals surface area contributed by atoms with Gasteiger partial charge in [0.2, 0.25) is 0 Å². The molecule has 0 spiro atoms. The van der Waals surface area contributed by atoms with Crippen molar-refractivity contribution in [1.82, 2.24) is 9.13 Å². The molecule has 1 aliphatic heterocycles. The summed E-state index contributed by atoms with van der Waals surface area (Å²) in [6, 6.07) is 21.0. The Labute approximate surface area is 227 Å². The second kappa shape index (κ2) is 9.70. The van der Waals surface area contributed by atoms with Crippen LogP contribution in [0.1, 0.15) is 34.7 Å². The van der Waals surface area contributed by atoms with Crippen molar-refractivity contribution in [2.45, 2.75) is 19.9 Å². The number of para-hydroxylation sites is 1. The highest BCUT2D eigenvalue weighted by molar-refractivity contribution is 7.10. The number of aromatic nitrogens is 2. The second-order valence-electron chi connectivity index (χ2n) is 9.02. The number of nitrogens with zero attached hydrogens (tertiary/aromatic N) is 3. The monoisotopic (exact) mass is 539 g/mol. The molecule has 0 aliphatic carbocycles. The van der Waals surface area contributed by atoms with Gasteiger partial charge in [-0.2, -0.15) is 0 Å². The van der Waals surface area contributed by atoms with Crippen LogP contribution in [0, 0.1) is 6.92 Å². The number of ether oxygens (including phenoxy) is 1. The molecule has 1 aliphatic rings. The van der Waals surface area contributed by atoms with Crippen LogP contribution >= 0.6 is 22.7 Å². The van der Waals surface area contributed by atoms with E-state index in [0.717, 1.165) is 32.6 Å². The molecule has 4 heterocycles. The first-order valence-electron chi connectivity index (χ1n) is 12.4. The fraction of sp³-hybridized carbons (Fsp3) is 0.167. The zero-order valence-electron chi connectivity index (χ0n) is 21.2. The number of esters is 1. The largest absolute Gasteiger partial charge is 0.463 e. The number of benzene rings is 2. The van der Waals surface area contributed by atoms with Crippen LogP contribution in [0.5, 0.6) is 0 Å². The van der Waals surface area contributed by atoms with Crippen LogP contribution in [0.2, 0.25) is 0 Å². The third-order valence-electron chi connectivity index (χ3n) is 6.91. The normalized spacial score (nSPS) is 15.6. The standard InChI is InChI=1S/C30H25N3O3S2/c1-4-36-29(35)25-26(19-11-6-5-7-12-19)31-30-33(27(25)23-15-10-16-37-23)28(34)24(38-30)17-21-18(2)32(3)22-14-9-8-13-20(21)22/h5-17,27H,4H2,1-3H3/b24-17+/t27-/m0/s1. The second-order valence-corrected chi connectivity index (χ2v) is 11.0. The summed E-state index contributed by atoms with van der Waals surface area (Å²) in [5, 5.41) is 3.04. The van der Waals surface area contributed by atoms with E-state index in [1.807, 2.05) is 73.1 Å². The van der Waals surface area contributed by atoms with Gasteiger partial charge in [0, 0.05) is 39.6 Å². The van der Waals surface area contributed by atoms with E-state index >= 15 is 0 Å². The molecule has 0 radical (unpaired) electrons. The van der Waals surface area contributed by atoms with E-state index in [1.54, 1.807) is 11.5 Å². The SMILES string of the molecule is CCOC(=O)C1=C(c2ccccc2)N=c2s/c(=C/c3c(C)n(C)c4ccccc34)c(=O)n2[C@H]1c1cccs1. The van der Waals surface area contributed by atoms with Gasteiger partial charge in [0.1, 0.15) is 6.04 Å². The molecule has 6 rings (SSSR count). The summed E-state index contributed by atoms with van der Waals surface area (Å²) in [7, 11) is 2.03. The van der Waals surface area contributed by atoms with Crippen LogP contribution < -0.4 is 14.9 Å². The predicted octanol–water partition coefficient (Wildman–Crippen LogP) is 4.80. The number of carbonyl (C=O) groups is 1. The van der Waals surface area contributed by atoms with Crippen molar-refractivity contribution < 1.29 is 9.53 Å². The molecule has 190 valence electrons. The van der Waals surface area contributed by atoms with Crippen LogP contribution in [0.15, 0.2) is 87.5 Å². The lowest BCUT2D eigenvalue weighted by Gasteiger charge is -2.24. The van der Waals surface area contributed by atoms with Gasteiger partial charge in [-0.25, -0.2) is 9.79 Å². The van der Waals surface area contributed by atoms with Crippen LogP contribution in [-0.2, 0) is 16.6 Å². The molecular weight excluding hydrogens is 514 g/mol. The maximum absolute atomic E-state index is 14.1. The lowest BCUT2D eigenvalue weighted by Crippen LogP contribution is -2.39. The van der Waals surface area contributed by atoms with Gasteiger partial charge in [-0.3, -0.25) is 9.36 Å². The van der Waals surface area contributed by atoms with E-state index in [1.165, 1.54) is 22.7 Å². The molecule has 8 heteroatoms. The highest BCUT2D eigenvalue weighted by atomic mass is 32.1. The minimum Gasteiger partial charge on any atom is -0.463 e. The number of hydrogen-bond acceptors (Lipinski definition) is 6. The van der Waals surface area contributed by atoms with Crippen LogP contribution in [0.4, 0.5) is 0 Å². The molecule has 0 saturated carbocycles. The van der Waals surface area contributed by atoms with E-state index < -0.39 is 12.0 Å². The third-order valence-corrected chi connectivity index (χ3v) is 8.82. The van der Waals surface area contributed by atoms with Crippen molar-refractivity contribution in [1.29, 1.82) is 0 Å². The topological polar surface area (TPSA) is 65.6 Å². The van der Waals surface area contributed by atoms with Crippen molar-refractivity contribution in [3.05, 3.63) is 119 Å². The zero-order chi connectivity index (χ0) is 26.4. The quantitative estimate of drug-likeness (QED) is 0.302. The van der Waals surface area contributed by atoms with Gasteiger partial charge < -0.3 is 9.30 Å². The molecular formula is C30H25N3O3S2. The fourth-order valence-corrected chi connectivity index (χ4v) is 6.83. The predicted molar refractivity (Wildman–Crippen MR) is 153 cm³/mol. The summed E-state index contributed by atoms with van der Waals surface area (Å²) < 4.78 is 9.87. The highest BCUT2D eigenvalue weighted by Crippen LogP contribution is 2.37. The lowest BCUT2D eigenvalue weighted by molar-refractivity contribution is -0.138. The minimum atomic E-state index is -0.628. The number of thiazole rings is 1. The van der Waals surface area contributed by atoms with Gasteiger partial charge in [-0.15, -0.1) is 11.3 Å². The van der Waals surface area contributed by atoms with E-state index in [2.05, 4.69) is 23.6 Å². The molecule has 0 unspecified atom stereocenters. The summed E-state index contributed by atoms with van der Waals surface area (Å²) in [5.41, 5.74) is 4.74. The van der Waals surface area contributed by atoms with Crippen molar-refractivity contribution >= 4 is 51.3 Å². The van der Waals surface area contributed by atoms with E-state index in [9.17, 15) is 9.59 Å². The summed E-state index contributed by atoms with van der Waals surface area (Å²) in [6.07, 6.45) is 1.96. The molecule has 0 saturated heterocycles. The van der Waals surface area contributed by atoms with E-state index in [4.69, 9.17) is 9.73 Å². The molecule has 0 amide bonds. The number of hydrogen-bond donors (Lipinski definition) is 0. The molecule has 5 aromatic rings. The van der Waals surface area contributed by atoms with Gasteiger partial charge in [-0.1, -0.05) is 65.9 Å². The zero-order valence-corrected chi connectivity index (χ0v) is 22.8. The summed E-state index contributed by atoms with van der Waals surface area (Å²) in [6.45, 7) is 4.07. The lowest BCUT2D eigenvalue weighted by atomic mass is 9.97. The molecule has 0 fully saturated rings. The Morgan fingerprint density at radius 3 is 2.58 bits per heavy atom. The number of rotatable bonds is 5. The highest BCUT2D eigenvalue weighted by Gasteiger charge is 2.35. The van der Waals surface area contributed by atoms with Crippen LogP contribution in [-0.4, -0.2) is 21.7 Å². The molecule has 0 N–H and O–H groups in total. The van der Waals surface area contributed by atoms with Gasteiger partial charge in [-0.05, 0) is 37.4 Å². The van der Waals surface area contributed by atoms with Gasteiger partial charge >= 0.3 is 5.97 Å². The summed E-state index contributed by atoms with van der Waals surface area (Å²) in [5.74, 6) is -0.465. The summed E-state index contributed by atoms with van der Waals surface area (Å²) in [4.78, 5) is 33.8. The molecule has 1 atom stereocenters. The van der Waals surface area contributed by atoms with Gasteiger partial charge in [0.15, 0.2) is 4.80 Å². The molecule has 2 aromatic carbocycles. The molecule has 3 aromatic heterocycles. The first kappa shape index (κ1) is 24.3. The maximum Gasteiger partial charge on any atom is 0.338 e. The Morgan fingerprint density at radius 1 is 1.08 bits per heavy atom. The van der Waals surface area contributed by atoms with Crippen molar-refractivity contribution in [2.75, 3.05) is 6.61 Å². The van der Waals surface area contributed by atoms with Crippen molar-refractivity contribution in [3.8, 4) is 0 Å². The van der Waals surface area contributed by atoms with Gasteiger partial charge in [0.05, 0.1) is 22.4 Å². The Balaban J connectivity index is 1.66. The smallest absolute Gasteiger partial charge is 0.338 e. The minimum absolute atomic E-state index is 0.173. The first-order valence-corrected chi connectivity index (χ1v) is 14.0. The average molecular weight is 540 g/mol. The van der Waals surface area contributed by atoms with Gasteiger partial charge in [0.25, 0.3) is 5.56 Å². The summed E-state index contributed by atoms with van der Waals surface area (Å²) >= 11 is 2.85. The number of aryl methyl sites for hydroxylation is 1.